The van der Waals surface area contributed by atoms with Gasteiger partial charge in [0.2, 0.25) is 0 Å². The average Bonchev–Trinajstić information content (AvgIpc) is 2.29. The Balaban J connectivity index is 2.67. The van der Waals surface area contributed by atoms with Crippen LogP contribution in [0.5, 0.6) is 5.75 Å². The Hall–Kier alpha value is -2.14. The lowest BCUT2D eigenvalue weighted by molar-refractivity contribution is 0.111. The fourth-order valence-corrected chi connectivity index (χ4v) is 1.52. The van der Waals surface area contributed by atoms with E-state index >= 15 is 0 Å². The molecule has 0 fully saturated rings. The minimum Gasteiger partial charge on any atom is -0.505 e. The number of carbonyl (C=O) groups is 1. The molecule has 86 valence electrons. The molecule has 0 aliphatic heterocycles. The van der Waals surface area contributed by atoms with E-state index in [1.165, 1.54) is 6.07 Å². The molecule has 2 rings (SSSR count). The first kappa shape index (κ1) is 11.3. The highest BCUT2D eigenvalue weighted by molar-refractivity contribution is 6.30. The molecule has 1 N–H and O–H groups in total. The predicted octanol–water partition coefficient (Wildman–Crippen LogP) is 1.40. The highest BCUT2D eigenvalue weighted by Crippen LogP contribution is 2.14. The Morgan fingerprint density at radius 1 is 1.35 bits per heavy atom. The SMILES string of the molecule is O=Cc1nn(-c2cccc(Cl)c2)c(=O)cc1O. The standard InChI is InChI=1S/C11H7ClN2O3/c12-7-2-1-3-8(4-7)14-11(17)5-10(16)9(6-15)13-14/h1-6,16H. The molecule has 0 bridgehead atoms. The van der Waals surface area contributed by atoms with E-state index in [4.69, 9.17) is 11.6 Å². The molecule has 17 heavy (non-hydrogen) atoms. The molecule has 0 unspecified atom stereocenters. The van der Waals surface area contributed by atoms with E-state index in [0.29, 0.717) is 17.0 Å². The number of hydrogen-bond acceptors (Lipinski definition) is 4. The van der Waals surface area contributed by atoms with E-state index < -0.39 is 11.3 Å². The highest BCUT2D eigenvalue weighted by atomic mass is 35.5. The van der Waals surface area contributed by atoms with E-state index in [1.54, 1.807) is 18.2 Å². The molecule has 0 radical (unpaired) electrons. The number of aldehydes is 1. The molecule has 0 spiro atoms. The minimum absolute atomic E-state index is 0.204. The minimum atomic E-state index is -0.546. The molecule has 0 saturated carbocycles. The van der Waals surface area contributed by atoms with Crippen LogP contribution in [0.15, 0.2) is 35.1 Å². The van der Waals surface area contributed by atoms with Gasteiger partial charge in [-0.05, 0) is 18.2 Å². The van der Waals surface area contributed by atoms with Crippen LogP contribution in [-0.2, 0) is 0 Å². The van der Waals surface area contributed by atoms with Gasteiger partial charge < -0.3 is 5.11 Å². The summed E-state index contributed by atoms with van der Waals surface area (Å²) < 4.78 is 0.995. The number of aromatic nitrogens is 2. The van der Waals surface area contributed by atoms with Crippen molar-refractivity contribution >= 4 is 17.9 Å². The highest BCUT2D eigenvalue weighted by Gasteiger charge is 2.08. The lowest BCUT2D eigenvalue weighted by Gasteiger charge is -2.05. The lowest BCUT2D eigenvalue weighted by atomic mass is 10.3. The van der Waals surface area contributed by atoms with Crippen LogP contribution >= 0.6 is 11.6 Å². The maximum atomic E-state index is 11.6. The smallest absolute Gasteiger partial charge is 0.275 e. The molecular formula is C11H7ClN2O3. The topological polar surface area (TPSA) is 72.2 Å². The van der Waals surface area contributed by atoms with Gasteiger partial charge in [-0.15, -0.1) is 0 Å². The summed E-state index contributed by atoms with van der Waals surface area (Å²) in [5.74, 6) is -0.441. The molecule has 0 atom stereocenters. The third kappa shape index (κ3) is 2.19. The van der Waals surface area contributed by atoms with Crippen molar-refractivity contribution in [3.05, 3.63) is 51.4 Å². The number of hydrogen-bond donors (Lipinski definition) is 1. The molecule has 0 amide bonds. The number of rotatable bonds is 2. The van der Waals surface area contributed by atoms with E-state index in [0.717, 1.165) is 10.7 Å². The largest absolute Gasteiger partial charge is 0.505 e. The zero-order valence-electron chi connectivity index (χ0n) is 8.50. The number of aromatic hydroxyl groups is 1. The molecule has 2 aromatic rings. The predicted molar refractivity (Wildman–Crippen MR) is 61.9 cm³/mol. The molecule has 1 heterocycles. The second-order valence-electron chi connectivity index (χ2n) is 3.26. The van der Waals surface area contributed by atoms with E-state index in [1.807, 2.05) is 0 Å². The van der Waals surface area contributed by atoms with Gasteiger partial charge in [-0.25, -0.2) is 0 Å². The van der Waals surface area contributed by atoms with Crippen molar-refractivity contribution in [3.63, 3.8) is 0 Å². The lowest BCUT2D eigenvalue weighted by Crippen LogP contribution is -2.21. The van der Waals surface area contributed by atoms with Crippen LogP contribution in [0.4, 0.5) is 0 Å². The Kier molecular flexibility index (Phi) is 2.93. The van der Waals surface area contributed by atoms with E-state index in [9.17, 15) is 14.7 Å². The van der Waals surface area contributed by atoms with Gasteiger partial charge >= 0.3 is 0 Å². The maximum absolute atomic E-state index is 11.6. The van der Waals surface area contributed by atoms with E-state index in [2.05, 4.69) is 5.10 Å². The van der Waals surface area contributed by atoms with Gasteiger partial charge in [-0.3, -0.25) is 9.59 Å². The fraction of sp³-hybridized carbons (Fsp3) is 0. The summed E-state index contributed by atoms with van der Waals surface area (Å²) in [4.78, 5) is 22.2. The second-order valence-corrected chi connectivity index (χ2v) is 3.70. The van der Waals surface area contributed by atoms with Crippen LogP contribution in [0.25, 0.3) is 5.69 Å². The summed E-state index contributed by atoms with van der Waals surface area (Å²) in [6.07, 6.45) is 0.371. The van der Waals surface area contributed by atoms with Crippen molar-refractivity contribution in [1.82, 2.24) is 9.78 Å². The average molecular weight is 251 g/mol. The zero-order chi connectivity index (χ0) is 12.4. The Morgan fingerprint density at radius 2 is 2.12 bits per heavy atom. The summed E-state index contributed by atoms with van der Waals surface area (Å²) in [6.45, 7) is 0. The molecular weight excluding hydrogens is 244 g/mol. The second kappa shape index (κ2) is 4.39. The number of nitrogens with zero attached hydrogens (tertiary/aromatic N) is 2. The Labute approximate surface area is 101 Å². The van der Waals surface area contributed by atoms with Gasteiger partial charge in [0.25, 0.3) is 5.56 Å². The van der Waals surface area contributed by atoms with Crippen molar-refractivity contribution in [3.8, 4) is 11.4 Å². The van der Waals surface area contributed by atoms with Gasteiger partial charge in [-0.1, -0.05) is 17.7 Å². The van der Waals surface area contributed by atoms with Gasteiger partial charge in [0.1, 0.15) is 0 Å². The van der Waals surface area contributed by atoms with Gasteiger partial charge in [0, 0.05) is 11.1 Å². The van der Waals surface area contributed by atoms with Crippen molar-refractivity contribution in [2.75, 3.05) is 0 Å². The molecule has 0 saturated heterocycles. The van der Waals surface area contributed by atoms with Crippen LogP contribution in [0.1, 0.15) is 10.5 Å². The summed E-state index contributed by atoms with van der Waals surface area (Å²) in [5.41, 5.74) is -0.328. The van der Waals surface area contributed by atoms with Crippen LogP contribution in [0.3, 0.4) is 0 Å². The molecule has 1 aromatic carbocycles. The Bertz CT molecular complexity index is 637. The molecule has 6 heteroatoms. The zero-order valence-corrected chi connectivity index (χ0v) is 9.26. The summed E-state index contributed by atoms with van der Waals surface area (Å²) >= 11 is 5.79. The summed E-state index contributed by atoms with van der Waals surface area (Å²) in [7, 11) is 0. The maximum Gasteiger partial charge on any atom is 0.275 e. The molecule has 0 aliphatic rings. The van der Waals surface area contributed by atoms with Crippen molar-refractivity contribution in [2.24, 2.45) is 0 Å². The monoisotopic (exact) mass is 250 g/mol. The fourth-order valence-electron chi connectivity index (χ4n) is 1.34. The quantitative estimate of drug-likeness (QED) is 0.818. The first-order valence-corrected chi connectivity index (χ1v) is 5.04. The molecule has 0 aliphatic carbocycles. The molecule has 1 aromatic heterocycles. The van der Waals surface area contributed by atoms with Gasteiger partial charge in [0.05, 0.1) is 5.69 Å². The first-order chi connectivity index (χ1) is 8.11. The van der Waals surface area contributed by atoms with Crippen molar-refractivity contribution in [1.29, 1.82) is 0 Å². The van der Waals surface area contributed by atoms with Crippen LogP contribution < -0.4 is 5.56 Å². The number of benzene rings is 1. The van der Waals surface area contributed by atoms with Crippen LogP contribution in [0, 0.1) is 0 Å². The summed E-state index contributed by atoms with van der Waals surface area (Å²) in [5, 5.41) is 13.5. The first-order valence-electron chi connectivity index (χ1n) is 4.66. The molecule has 5 nitrogen and oxygen atoms in total. The number of halogens is 1. The van der Waals surface area contributed by atoms with Gasteiger partial charge in [0.15, 0.2) is 17.7 Å². The Morgan fingerprint density at radius 3 is 2.76 bits per heavy atom. The number of carbonyl (C=O) groups excluding carboxylic acids is 1. The third-order valence-electron chi connectivity index (χ3n) is 2.10. The van der Waals surface area contributed by atoms with Crippen LogP contribution in [0.2, 0.25) is 5.02 Å². The normalized spacial score (nSPS) is 10.2. The van der Waals surface area contributed by atoms with E-state index in [-0.39, 0.29) is 5.69 Å². The van der Waals surface area contributed by atoms with Gasteiger partial charge in [-0.2, -0.15) is 9.78 Å². The summed E-state index contributed by atoms with van der Waals surface area (Å²) in [6, 6.07) is 7.38. The van der Waals surface area contributed by atoms with Crippen LogP contribution in [-0.4, -0.2) is 21.2 Å². The third-order valence-corrected chi connectivity index (χ3v) is 2.34. The van der Waals surface area contributed by atoms with Crippen molar-refractivity contribution in [2.45, 2.75) is 0 Å². The van der Waals surface area contributed by atoms with Crippen molar-refractivity contribution < 1.29 is 9.90 Å².